The number of carbonyl (C=O) groups excluding carboxylic acids is 5. The maximum Gasteiger partial charge on any atom is 0.422 e. The van der Waals surface area contributed by atoms with Crippen LogP contribution in [0.25, 0.3) is 10.9 Å². The Hall–Kier alpha value is -4.42. The maximum absolute atomic E-state index is 14.8. The van der Waals surface area contributed by atoms with Gasteiger partial charge in [-0.1, -0.05) is 27.7 Å². The molecule has 6 atom stereocenters. The molecule has 0 N–H and O–H groups in total. The number of carbonyl (C=O) groups is 5. The zero-order valence-electron chi connectivity index (χ0n) is 33.5. The average molecular weight is 750 g/mol. The highest BCUT2D eigenvalue weighted by Gasteiger charge is 2.78. The predicted molar refractivity (Wildman–Crippen MR) is 193 cm³/mol. The first-order valence-electron chi connectivity index (χ1n) is 18.6. The molecule has 2 aromatic rings. The zero-order chi connectivity index (χ0) is 40.1. The number of aryl methyl sites for hydroxylation is 1. The fourth-order valence-corrected chi connectivity index (χ4v) is 9.62. The smallest absolute Gasteiger partial charge is 0.422 e. The Morgan fingerprint density at radius 1 is 0.722 bits per heavy atom. The number of esters is 4. The number of aromatic nitrogens is 1. The lowest BCUT2D eigenvalue weighted by atomic mass is 9.66. The van der Waals surface area contributed by atoms with E-state index in [4.69, 9.17) is 28.4 Å². The van der Waals surface area contributed by atoms with E-state index in [1.54, 1.807) is 102 Å². The number of nitrogens with zero attached hydrogens (tertiary/aromatic N) is 1. The molecule has 13 nitrogen and oxygen atoms in total. The van der Waals surface area contributed by atoms with Gasteiger partial charge in [-0.3, -0.25) is 14.4 Å². The third-order valence-electron chi connectivity index (χ3n) is 14.4. The summed E-state index contributed by atoms with van der Waals surface area (Å²) in [5.74, 6) is -2.58. The van der Waals surface area contributed by atoms with E-state index in [1.165, 1.54) is 0 Å². The fourth-order valence-electron chi connectivity index (χ4n) is 9.62. The van der Waals surface area contributed by atoms with Gasteiger partial charge in [-0.25, -0.2) is 19.0 Å². The SMILES string of the molecule is Cc1c(C)c2ccc3c(c2n(C(=O)OC(C)(C)C)c1=O)[C@@H](OC(=O)[C@@]12CC[C@@](C)(C(=O)O1)C2(C)C)[C@@H](OC(=O)[C@@]12CC[C@@](C)(C(=O)O1)C2(C)C)C(C)(C)O3. The Kier molecular flexibility index (Phi) is 7.63. The predicted octanol–water partition coefficient (Wildman–Crippen LogP) is 6.31. The van der Waals surface area contributed by atoms with Crippen molar-refractivity contribution in [1.29, 1.82) is 0 Å². The van der Waals surface area contributed by atoms with Crippen LogP contribution >= 0.6 is 0 Å². The van der Waals surface area contributed by atoms with Crippen molar-refractivity contribution in [2.45, 2.75) is 150 Å². The molecule has 3 aliphatic heterocycles. The van der Waals surface area contributed by atoms with Crippen molar-refractivity contribution >= 4 is 40.9 Å². The molecule has 0 unspecified atom stereocenters. The van der Waals surface area contributed by atoms with Crippen LogP contribution in [0.1, 0.15) is 125 Å². The van der Waals surface area contributed by atoms with E-state index in [2.05, 4.69) is 0 Å². The van der Waals surface area contributed by atoms with Crippen LogP contribution < -0.4 is 10.3 Å². The van der Waals surface area contributed by atoms with Gasteiger partial charge in [-0.15, -0.1) is 0 Å². The standard InChI is InChI=1S/C41H51NO12/c1-20-21(2)28(43)42(33(48)54-34(3,4)5)25-22(20)14-15-23-24(25)26(49-31(46)40-18-16-38(12,29(44)52-40)36(40,8)9)27(35(6,7)51-23)50-32(47)41-19-17-39(13,30(45)53-41)37(41,10)11/h14-15,26-27H,16-19H2,1-13H3/t26-,27-,38+,39+,40-,41-/m1/s1. The van der Waals surface area contributed by atoms with Crippen molar-refractivity contribution in [3.63, 3.8) is 0 Å². The molecule has 54 heavy (non-hydrogen) atoms. The minimum absolute atomic E-state index is 0.0415. The number of pyridine rings is 1. The Labute approximate surface area is 314 Å². The molecule has 2 saturated heterocycles. The lowest BCUT2D eigenvalue weighted by Crippen LogP contribution is -2.58. The molecule has 0 spiro atoms. The molecule has 0 radical (unpaired) electrons. The number of hydrogen-bond donors (Lipinski definition) is 0. The van der Waals surface area contributed by atoms with Crippen LogP contribution in [-0.2, 0) is 42.9 Å². The first-order chi connectivity index (χ1) is 24.6. The molecule has 2 saturated carbocycles. The minimum Gasteiger partial charge on any atom is -0.483 e. The normalized spacial score (nSPS) is 33.8. The summed E-state index contributed by atoms with van der Waals surface area (Å²) in [6, 6.07) is 3.36. The molecule has 4 heterocycles. The lowest BCUT2D eigenvalue weighted by molar-refractivity contribution is -0.217. The van der Waals surface area contributed by atoms with E-state index in [1.807, 2.05) is 0 Å². The van der Waals surface area contributed by atoms with Crippen molar-refractivity contribution in [2.24, 2.45) is 21.7 Å². The van der Waals surface area contributed by atoms with Gasteiger partial charge in [0.2, 0.25) is 11.2 Å². The summed E-state index contributed by atoms with van der Waals surface area (Å²) >= 11 is 0. The second kappa shape index (κ2) is 10.9. The summed E-state index contributed by atoms with van der Waals surface area (Å²) in [7, 11) is 0. The number of ether oxygens (including phenoxy) is 6. The largest absolute Gasteiger partial charge is 0.483 e. The highest BCUT2D eigenvalue weighted by Crippen LogP contribution is 2.67. The van der Waals surface area contributed by atoms with E-state index in [9.17, 15) is 28.8 Å². The minimum atomic E-state index is -1.69. The summed E-state index contributed by atoms with van der Waals surface area (Å²) in [4.78, 5) is 84.1. The van der Waals surface area contributed by atoms with Crippen LogP contribution in [0.2, 0.25) is 0 Å². The van der Waals surface area contributed by atoms with Gasteiger partial charge in [0.05, 0.1) is 21.9 Å². The van der Waals surface area contributed by atoms with Crippen molar-refractivity contribution < 1.29 is 52.4 Å². The van der Waals surface area contributed by atoms with Crippen molar-refractivity contribution in [1.82, 2.24) is 4.57 Å². The van der Waals surface area contributed by atoms with Crippen LogP contribution in [0.5, 0.6) is 5.75 Å². The molecule has 0 amide bonds. The van der Waals surface area contributed by atoms with Crippen LogP contribution in [0.3, 0.4) is 0 Å². The van der Waals surface area contributed by atoms with E-state index in [-0.39, 0.29) is 29.7 Å². The summed E-state index contributed by atoms with van der Waals surface area (Å²) in [5, 5.41) is 0.460. The Balaban J connectivity index is 1.46. The summed E-state index contributed by atoms with van der Waals surface area (Å²) in [5.41, 5.74) is -9.30. The summed E-state index contributed by atoms with van der Waals surface area (Å²) in [6.45, 7) is 22.4. The second-order valence-corrected chi connectivity index (χ2v) is 18.9. The average Bonchev–Trinajstić information content (AvgIpc) is 3.52. The highest BCUT2D eigenvalue weighted by molar-refractivity contribution is 5.97. The van der Waals surface area contributed by atoms with E-state index in [0.29, 0.717) is 29.4 Å². The molecule has 13 heteroatoms. The number of fused-ring (bicyclic) bond motifs is 7. The number of benzene rings is 1. The third-order valence-corrected chi connectivity index (χ3v) is 14.4. The van der Waals surface area contributed by atoms with E-state index >= 15 is 0 Å². The quantitative estimate of drug-likeness (QED) is 0.253. The van der Waals surface area contributed by atoms with Crippen molar-refractivity contribution in [3.8, 4) is 5.75 Å². The number of hydrogen-bond acceptors (Lipinski definition) is 12. The van der Waals surface area contributed by atoms with Gasteiger partial charge in [-0.2, -0.15) is 0 Å². The summed E-state index contributed by atoms with van der Waals surface area (Å²) < 4.78 is 38.0. The van der Waals surface area contributed by atoms with Gasteiger partial charge < -0.3 is 28.4 Å². The first kappa shape index (κ1) is 37.9. The van der Waals surface area contributed by atoms with Crippen LogP contribution in [0.4, 0.5) is 4.79 Å². The topological polar surface area (TPSA) is 163 Å². The Morgan fingerprint density at radius 2 is 1.22 bits per heavy atom. The lowest BCUT2D eigenvalue weighted by Gasteiger charge is -2.46. The Morgan fingerprint density at radius 3 is 1.67 bits per heavy atom. The van der Waals surface area contributed by atoms with Crippen LogP contribution in [0, 0.1) is 35.5 Å². The van der Waals surface area contributed by atoms with Crippen molar-refractivity contribution in [3.05, 3.63) is 39.2 Å². The molecule has 7 rings (SSSR count). The van der Waals surface area contributed by atoms with Gasteiger partial charge in [-0.05, 0) is 106 Å². The molecule has 2 aliphatic carbocycles. The monoisotopic (exact) mass is 749 g/mol. The van der Waals surface area contributed by atoms with Crippen LogP contribution in [-0.4, -0.2) is 63.0 Å². The zero-order valence-corrected chi connectivity index (χ0v) is 33.5. The molecule has 292 valence electrons. The third kappa shape index (κ3) is 4.43. The van der Waals surface area contributed by atoms with Gasteiger partial charge in [0.1, 0.15) is 17.0 Å². The van der Waals surface area contributed by atoms with Crippen LogP contribution in [0.15, 0.2) is 16.9 Å². The molecule has 1 aromatic heterocycles. The molecular formula is C41H51NO12. The second-order valence-electron chi connectivity index (χ2n) is 18.9. The highest BCUT2D eigenvalue weighted by atomic mass is 16.7. The molecule has 5 aliphatic rings. The maximum atomic E-state index is 14.8. The van der Waals surface area contributed by atoms with Gasteiger partial charge in [0.25, 0.3) is 5.56 Å². The van der Waals surface area contributed by atoms with Gasteiger partial charge in [0, 0.05) is 21.8 Å². The molecule has 1 aromatic carbocycles. The number of rotatable bonds is 4. The Bertz CT molecular complexity index is 2150. The van der Waals surface area contributed by atoms with Gasteiger partial charge in [0.15, 0.2) is 12.2 Å². The van der Waals surface area contributed by atoms with Gasteiger partial charge >= 0.3 is 30.0 Å². The molecule has 4 bridgehead atoms. The molecular weight excluding hydrogens is 698 g/mol. The fraction of sp³-hybridized carbons (Fsp3) is 0.659. The van der Waals surface area contributed by atoms with Crippen molar-refractivity contribution in [2.75, 3.05) is 0 Å². The summed E-state index contributed by atoms with van der Waals surface area (Å²) in [6.07, 6.45) is -2.76. The van der Waals surface area contributed by atoms with E-state index in [0.717, 1.165) is 4.57 Å². The van der Waals surface area contributed by atoms with E-state index < -0.39 is 91.8 Å². The molecule has 4 fully saturated rings. The first-order valence-corrected chi connectivity index (χ1v) is 18.6.